The van der Waals surface area contributed by atoms with Crippen LogP contribution in [0.25, 0.3) is 22.1 Å². The van der Waals surface area contributed by atoms with Gasteiger partial charge in [-0.05, 0) is 42.5 Å². The Morgan fingerprint density at radius 2 is 2.15 bits per heavy atom. The molecule has 9 nitrogen and oxygen atoms in total. The second-order valence-corrected chi connectivity index (χ2v) is 10.7. The second-order valence-electron chi connectivity index (χ2n) is 8.54. The lowest BCUT2D eigenvalue weighted by Gasteiger charge is -2.27. The number of imidazole rings is 1. The lowest BCUT2D eigenvalue weighted by Crippen LogP contribution is -2.36. The number of anilines is 1. The van der Waals surface area contributed by atoms with Crippen LogP contribution in [-0.2, 0) is 16.4 Å². The van der Waals surface area contributed by atoms with Gasteiger partial charge in [0.25, 0.3) is 0 Å². The fraction of sp³-hybridized carbons (Fsp3) is 0.364. The van der Waals surface area contributed by atoms with Gasteiger partial charge in [-0.25, -0.2) is 28.1 Å². The third-order valence-corrected chi connectivity index (χ3v) is 7.14. The van der Waals surface area contributed by atoms with Crippen LogP contribution in [0.5, 0.6) is 0 Å². The minimum atomic E-state index is -3.28. The number of benzene rings is 1. The average Bonchev–Trinajstić information content (AvgIpc) is 3.42. The Morgan fingerprint density at radius 1 is 1.30 bits per heavy atom. The van der Waals surface area contributed by atoms with Crippen LogP contribution in [0.4, 0.5) is 5.69 Å². The lowest BCUT2D eigenvalue weighted by molar-refractivity contribution is 0.567. The number of aromatic amines is 1. The van der Waals surface area contributed by atoms with Gasteiger partial charge >= 0.3 is 0 Å². The fourth-order valence-corrected chi connectivity index (χ4v) is 5.71. The maximum Gasteiger partial charge on any atom is 0.209 e. The molecule has 5 rings (SSSR count). The van der Waals surface area contributed by atoms with Crippen molar-refractivity contribution in [3.63, 3.8) is 0 Å². The van der Waals surface area contributed by atoms with E-state index in [-0.39, 0.29) is 12.0 Å². The van der Waals surface area contributed by atoms with Gasteiger partial charge in [-0.3, -0.25) is 4.98 Å². The number of pyridine rings is 1. The van der Waals surface area contributed by atoms with E-state index in [0.717, 1.165) is 46.3 Å². The molecule has 172 valence electrons. The van der Waals surface area contributed by atoms with Crippen LogP contribution in [0, 0.1) is 0 Å². The smallest absolute Gasteiger partial charge is 0.209 e. The number of nitrogens with one attached hydrogen (secondary N) is 2. The molecule has 1 saturated heterocycles. The molecule has 1 aliphatic heterocycles. The van der Waals surface area contributed by atoms with E-state index in [0.29, 0.717) is 23.6 Å². The van der Waals surface area contributed by atoms with E-state index in [1.54, 1.807) is 12.5 Å². The third kappa shape index (κ3) is 4.38. The standard InChI is InChI=1S/C22H24ClN7O2S/c1-13(8-18-20-22(27-11-25-18)28-12-26-20)16-9-17(23)15-4-3-6-24-19(15)21(16)30-7-5-14(10-30)29-33(2,31)32/h3-4,6,9,11-14,29H,5,7-8,10H2,1-2H3,(H,25,26,27,28)/t13?,14-/m0/s1. The molecule has 1 fully saturated rings. The molecule has 33 heavy (non-hydrogen) atoms. The van der Waals surface area contributed by atoms with E-state index >= 15 is 0 Å². The molecule has 0 amide bonds. The normalized spacial score (nSPS) is 17.8. The topological polar surface area (TPSA) is 117 Å². The van der Waals surface area contributed by atoms with Crippen LogP contribution >= 0.6 is 11.6 Å². The highest BCUT2D eigenvalue weighted by Gasteiger charge is 2.30. The monoisotopic (exact) mass is 485 g/mol. The van der Waals surface area contributed by atoms with Crippen molar-refractivity contribution in [2.24, 2.45) is 0 Å². The zero-order chi connectivity index (χ0) is 23.2. The molecule has 4 heterocycles. The van der Waals surface area contributed by atoms with Gasteiger partial charge < -0.3 is 9.88 Å². The molecule has 11 heteroatoms. The van der Waals surface area contributed by atoms with Crippen molar-refractivity contribution in [3.8, 4) is 0 Å². The summed E-state index contributed by atoms with van der Waals surface area (Å²) in [5.74, 6) is 0.0622. The maximum atomic E-state index is 11.8. The molecule has 0 spiro atoms. The second kappa shape index (κ2) is 8.51. The van der Waals surface area contributed by atoms with E-state index in [2.05, 4.69) is 41.5 Å². The van der Waals surface area contributed by atoms with Crippen LogP contribution in [0.15, 0.2) is 37.1 Å². The molecule has 2 atom stereocenters. The number of sulfonamides is 1. The van der Waals surface area contributed by atoms with Crippen LogP contribution in [0.2, 0.25) is 5.02 Å². The Hall–Kier alpha value is -2.82. The van der Waals surface area contributed by atoms with Gasteiger partial charge in [0.15, 0.2) is 5.65 Å². The zero-order valence-corrected chi connectivity index (χ0v) is 19.9. The molecule has 1 aliphatic rings. The van der Waals surface area contributed by atoms with Crippen LogP contribution < -0.4 is 9.62 Å². The van der Waals surface area contributed by atoms with Crippen molar-refractivity contribution < 1.29 is 8.42 Å². The van der Waals surface area contributed by atoms with Crippen molar-refractivity contribution in [2.75, 3.05) is 24.2 Å². The predicted molar refractivity (Wildman–Crippen MR) is 129 cm³/mol. The van der Waals surface area contributed by atoms with E-state index in [1.807, 2.05) is 18.2 Å². The number of hydrogen-bond donors (Lipinski definition) is 2. The Kier molecular flexibility index (Phi) is 5.67. The minimum absolute atomic E-state index is 0.0622. The average molecular weight is 486 g/mol. The van der Waals surface area contributed by atoms with Gasteiger partial charge in [0.2, 0.25) is 10.0 Å². The summed E-state index contributed by atoms with van der Waals surface area (Å²) in [7, 11) is -3.28. The van der Waals surface area contributed by atoms with Crippen LogP contribution in [0.3, 0.4) is 0 Å². The molecule has 4 aromatic rings. The van der Waals surface area contributed by atoms with Crippen molar-refractivity contribution in [1.29, 1.82) is 0 Å². The molecule has 3 aromatic heterocycles. The zero-order valence-electron chi connectivity index (χ0n) is 18.3. The summed E-state index contributed by atoms with van der Waals surface area (Å²) in [5, 5.41) is 1.52. The lowest BCUT2D eigenvalue weighted by atomic mass is 9.92. The Labute approximate surface area is 196 Å². The molecular formula is C22H24ClN7O2S. The number of H-pyrrole nitrogens is 1. The highest BCUT2D eigenvalue weighted by Crippen LogP contribution is 2.40. The van der Waals surface area contributed by atoms with E-state index in [1.165, 1.54) is 12.6 Å². The van der Waals surface area contributed by atoms with E-state index in [4.69, 9.17) is 11.6 Å². The molecule has 1 unspecified atom stereocenters. The number of halogens is 1. The third-order valence-electron chi connectivity index (χ3n) is 6.06. The summed E-state index contributed by atoms with van der Waals surface area (Å²) in [6.45, 7) is 3.42. The quantitative estimate of drug-likeness (QED) is 0.431. The van der Waals surface area contributed by atoms with Gasteiger partial charge in [-0.2, -0.15) is 0 Å². The SMILES string of the molecule is CC(Cc1ncnc2nc[nH]c12)c1cc(Cl)c2cccnc2c1N1CC[C@H](NS(C)(=O)=O)C1. The van der Waals surface area contributed by atoms with Gasteiger partial charge in [0.05, 0.1) is 34.5 Å². The number of fused-ring (bicyclic) bond motifs is 2. The van der Waals surface area contributed by atoms with E-state index < -0.39 is 10.0 Å². The molecule has 0 saturated carbocycles. The van der Waals surface area contributed by atoms with Crippen LogP contribution in [-0.4, -0.2) is 58.7 Å². The largest absolute Gasteiger partial charge is 0.368 e. The predicted octanol–water partition coefficient (Wildman–Crippen LogP) is 3.03. The molecular weight excluding hydrogens is 462 g/mol. The first-order valence-electron chi connectivity index (χ1n) is 10.7. The number of aromatic nitrogens is 5. The van der Waals surface area contributed by atoms with Gasteiger partial charge in [-0.1, -0.05) is 18.5 Å². The number of hydrogen-bond acceptors (Lipinski definition) is 7. The minimum Gasteiger partial charge on any atom is -0.368 e. The molecule has 0 bridgehead atoms. The molecule has 0 radical (unpaired) electrons. The summed E-state index contributed by atoms with van der Waals surface area (Å²) in [6, 6.07) is 5.69. The summed E-state index contributed by atoms with van der Waals surface area (Å²) in [6.07, 6.45) is 7.48. The van der Waals surface area contributed by atoms with Crippen molar-refractivity contribution >= 4 is 49.4 Å². The van der Waals surface area contributed by atoms with Crippen molar-refractivity contribution in [2.45, 2.75) is 31.7 Å². The summed E-state index contributed by atoms with van der Waals surface area (Å²) in [5.41, 5.74) is 5.22. The first-order chi connectivity index (χ1) is 15.8. The maximum absolute atomic E-state index is 11.8. The number of rotatable bonds is 6. The Balaban J connectivity index is 1.56. The molecule has 1 aromatic carbocycles. The number of nitrogens with zero attached hydrogens (tertiary/aromatic N) is 5. The van der Waals surface area contributed by atoms with Crippen LogP contribution in [0.1, 0.15) is 30.5 Å². The molecule has 0 aliphatic carbocycles. The first kappa shape index (κ1) is 22.0. The fourth-order valence-electron chi connectivity index (χ4n) is 4.65. The summed E-state index contributed by atoms with van der Waals surface area (Å²) in [4.78, 5) is 22.9. The first-order valence-corrected chi connectivity index (χ1v) is 13.0. The van der Waals surface area contributed by atoms with Crippen molar-refractivity contribution in [1.82, 2.24) is 29.6 Å². The molecule has 2 N–H and O–H groups in total. The summed E-state index contributed by atoms with van der Waals surface area (Å²) >= 11 is 6.69. The van der Waals surface area contributed by atoms with Gasteiger partial charge in [-0.15, -0.1) is 0 Å². The van der Waals surface area contributed by atoms with Crippen molar-refractivity contribution in [3.05, 3.63) is 53.3 Å². The Morgan fingerprint density at radius 3 is 2.97 bits per heavy atom. The van der Waals surface area contributed by atoms with Gasteiger partial charge in [0.1, 0.15) is 11.8 Å². The van der Waals surface area contributed by atoms with E-state index in [9.17, 15) is 8.42 Å². The highest BCUT2D eigenvalue weighted by molar-refractivity contribution is 7.88. The Bertz CT molecular complexity index is 1440. The van der Waals surface area contributed by atoms with Gasteiger partial charge in [0, 0.05) is 30.7 Å². The highest BCUT2D eigenvalue weighted by atomic mass is 35.5. The summed E-state index contributed by atoms with van der Waals surface area (Å²) < 4.78 is 26.3.